The van der Waals surface area contributed by atoms with E-state index in [0.717, 1.165) is 24.2 Å². The highest BCUT2D eigenvalue weighted by molar-refractivity contribution is 8.13. The Balaban J connectivity index is 2.10. The molecule has 1 aromatic carbocycles. The number of fused-ring (bicyclic) bond motifs is 1. The number of hydrogen-bond donors (Lipinski definition) is 0. The van der Waals surface area contributed by atoms with Gasteiger partial charge in [0.25, 0.3) is 0 Å². The fourth-order valence-corrected chi connectivity index (χ4v) is 2.43. The number of amides is 1. The van der Waals surface area contributed by atoms with Crippen LogP contribution in [0.3, 0.4) is 0 Å². The van der Waals surface area contributed by atoms with Gasteiger partial charge in [-0.25, -0.2) is 0 Å². The van der Waals surface area contributed by atoms with Crippen LogP contribution in [0.4, 0.5) is 5.69 Å². The maximum Gasteiger partial charge on any atom is 0.223 e. The molecule has 0 aromatic heterocycles. The lowest BCUT2D eigenvalue weighted by Crippen LogP contribution is -2.25. The Morgan fingerprint density at radius 2 is 2.16 bits per heavy atom. The van der Waals surface area contributed by atoms with E-state index < -0.39 is 0 Å². The van der Waals surface area contributed by atoms with Gasteiger partial charge < -0.3 is 4.90 Å². The van der Waals surface area contributed by atoms with Crippen LogP contribution in [0.1, 0.15) is 25.0 Å². The highest BCUT2D eigenvalue weighted by Crippen LogP contribution is 2.28. The van der Waals surface area contributed by atoms with Gasteiger partial charge in [-0.05, 0) is 30.2 Å². The third-order valence-corrected chi connectivity index (χ3v) is 3.63. The lowest BCUT2D eigenvalue weighted by Gasteiger charge is -2.14. The molecule has 1 heterocycles. The van der Waals surface area contributed by atoms with Crippen molar-refractivity contribution < 1.29 is 9.59 Å². The van der Waals surface area contributed by atoms with Crippen LogP contribution in [0.5, 0.6) is 0 Å². The molecule has 98 valence electrons. The summed E-state index contributed by atoms with van der Waals surface area (Å²) in [5, 5.41) is 0.0837. The third-order valence-electron chi connectivity index (χ3n) is 2.94. The maximum absolute atomic E-state index is 11.4. The predicted octanol–water partition coefficient (Wildman–Crippen LogP) is 2.23. The summed E-state index contributed by atoms with van der Waals surface area (Å²) < 4.78 is 0. The van der Waals surface area contributed by atoms with E-state index >= 15 is 0 Å². The summed E-state index contributed by atoms with van der Waals surface area (Å²) in [6.07, 6.45) is 0.882. The van der Waals surface area contributed by atoms with Crippen molar-refractivity contribution >= 4 is 28.5 Å². The Morgan fingerprint density at radius 3 is 2.84 bits per heavy atom. The molecular weight excluding hydrogens is 258 g/mol. The van der Waals surface area contributed by atoms with E-state index in [1.165, 1.54) is 24.2 Å². The zero-order valence-corrected chi connectivity index (χ0v) is 11.8. The monoisotopic (exact) mass is 273 g/mol. The number of carbonyl (C=O) groups excluding carboxylic acids is 2. The van der Waals surface area contributed by atoms with Crippen molar-refractivity contribution in [3.63, 3.8) is 0 Å². The molecule has 0 N–H and O–H groups in total. The molecule has 3 nitrogen and oxygen atoms in total. The molecule has 4 heteroatoms. The first-order chi connectivity index (χ1) is 9.08. The minimum atomic E-state index is 0.0791. The van der Waals surface area contributed by atoms with Crippen LogP contribution in [-0.4, -0.2) is 23.3 Å². The van der Waals surface area contributed by atoms with Crippen molar-refractivity contribution in [2.75, 3.05) is 17.2 Å². The van der Waals surface area contributed by atoms with Crippen LogP contribution >= 0.6 is 11.8 Å². The van der Waals surface area contributed by atoms with Crippen LogP contribution in [0.25, 0.3) is 0 Å². The highest BCUT2D eigenvalue weighted by Gasteiger charge is 2.21. The first kappa shape index (κ1) is 13.7. The second-order valence-electron chi connectivity index (χ2n) is 4.35. The van der Waals surface area contributed by atoms with Gasteiger partial charge in [0.05, 0.1) is 5.75 Å². The summed E-state index contributed by atoms with van der Waals surface area (Å²) >= 11 is 1.21. The first-order valence-electron chi connectivity index (χ1n) is 6.11. The average molecular weight is 273 g/mol. The Labute approximate surface area is 117 Å². The molecule has 0 fully saturated rings. The van der Waals surface area contributed by atoms with Crippen LogP contribution in [-0.2, 0) is 16.0 Å². The Hall–Kier alpha value is -1.73. The molecular formula is C15H15NO2S. The summed E-state index contributed by atoms with van der Waals surface area (Å²) in [7, 11) is 0. The van der Waals surface area contributed by atoms with Crippen molar-refractivity contribution in [3.05, 3.63) is 29.3 Å². The lowest BCUT2D eigenvalue weighted by atomic mass is 10.1. The molecule has 1 aromatic rings. The van der Waals surface area contributed by atoms with Crippen LogP contribution in [0.15, 0.2) is 18.2 Å². The molecule has 0 saturated heterocycles. The molecule has 1 aliphatic rings. The number of benzene rings is 1. The predicted molar refractivity (Wildman–Crippen MR) is 78.2 cm³/mol. The van der Waals surface area contributed by atoms with Crippen molar-refractivity contribution in [2.45, 2.75) is 20.3 Å². The van der Waals surface area contributed by atoms with E-state index in [1.807, 2.05) is 18.2 Å². The minimum absolute atomic E-state index is 0.0791. The number of rotatable bonds is 1. The molecule has 1 aliphatic heterocycles. The van der Waals surface area contributed by atoms with E-state index in [9.17, 15) is 9.59 Å². The highest BCUT2D eigenvalue weighted by atomic mass is 32.2. The van der Waals surface area contributed by atoms with E-state index in [4.69, 9.17) is 0 Å². The third kappa shape index (κ3) is 3.39. The van der Waals surface area contributed by atoms with Crippen molar-refractivity contribution in [3.8, 4) is 11.8 Å². The van der Waals surface area contributed by atoms with Gasteiger partial charge in [0.15, 0.2) is 5.12 Å². The zero-order valence-electron chi connectivity index (χ0n) is 11.0. The van der Waals surface area contributed by atoms with E-state index in [2.05, 4.69) is 11.8 Å². The number of thioether (sulfide) groups is 1. The van der Waals surface area contributed by atoms with Gasteiger partial charge in [0, 0.05) is 31.6 Å². The van der Waals surface area contributed by atoms with Crippen molar-refractivity contribution in [1.82, 2.24) is 0 Å². The summed E-state index contributed by atoms with van der Waals surface area (Å²) in [5.74, 6) is 6.62. The van der Waals surface area contributed by atoms with Gasteiger partial charge in [0.2, 0.25) is 5.91 Å². The molecule has 0 aliphatic carbocycles. The SMILES string of the molecule is CC(=O)SCC#Cc1ccc2c(c1)CCN2C(C)=O. The molecule has 0 radical (unpaired) electrons. The fraction of sp³-hybridized carbons (Fsp3) is 0.333. The van der Waals surface area contributed by atoms with Gasteiger partial charge in [0.1, 0.15) is 0 Å². The number of anilines is 1. The van der Waals surface area contributed by atoms with E-state index in [-0.39, 0.29) is 11.0 Å². The second kappa shape index (κ2) is 5.94. The van der Waals surface area contributed by atoms with E-state index in [1.54, 1.807) is 11.8 Å². The number of nitrogens with zero attached hydrogens (tertiary/aromatic N) is 1. The average Bonchev–Trinajstić information content (AvgIpc) is 2.77. The Morgan fingerprint density at radius 1 is 1.37 bits per heavy atom. The van der Waals surface area contributed by atoms with E-state index in [0.29, 0.717) is 5.75 Å². The fourth-order valence-electron chi connectivity index (χ4n) is 2.08. The first-order valence-corrected chi connectivity index (χ1v) is 7.10. The summed E-state index contributed by atoms with van der Waals surface area (Å²) in [4.78, 5) is 24.0. The molecule has 0 atom stereocenters. The van der Waals surface area contributed by atoms with Crippen molar-refractivity contribution in [1.29, 1.82) is 0 Å². The van der Waals surface area contributed by atoms with Crippen LogP contribution in [0.2, 0.25) is 0 Å². The second-order valence-corrected chi connectivity index (χ2v) is 5.50. The Bertz CT molecular complexity index is 584. The van der Waals surface area contributed by atoms with Gasteiger partial charge in [-0.15, -0.1) is 0 Å². The summed E-state index contributed by atoms with van der Waals surface area (Å²) in [5.41, 5.74) is 3.10. The van der Waals surface area contributed by atoms with Gasteiger partial charge in [-0.1, -0.05) is 23.6 Å². The zero-order chi connectivity index (χ0) is 13.8. The lowest BCUT2D eigenvalue weighted by molar-refractivity contribution is -0.116. The van der Waals surface area contributed by atoms with Crippen LogP contribution < -0.4 is 4.90 Å². The standard InChI is InChI=1S/C15H15NO2S/c1-11(17)16-8-7-14-10-13(5-6-15(14)16)4-3-9-19-12(2)18/h5-6,10H,7-9H2,1-2H3. The topological polar surface area (TPSA) is 37.4 Å². The molecule has 2 rings (SSSR count). The number of hydrogen-bond acceptors (Lipinski definition) is 3. The molecule has 0 bridgehead atoms. The largest absolute Gasteiger partial charge is 0.312 e. The molecule has 0 spiro atoms. The van der Waals surface area contributed by atoms with Gasteiger partial charge in [-0.2, -0.15) is 0 Å². The quantitative estimate of drug-likeness (QED) is 0.736. The minimum Gasteiger partial charge on any atom is -0.312 e. The van der Waals surface area contributed by atoms with Crippen LogP contribution in [0, 0.1) is 11.8 Å². The maximum atomic E-state index is 11.4. The number of carbonyl (C=O) groups is 2. The summed E-state index contributed by atoms with van der Waals surface area (Å²) in [6, 6.07) is 5.90. The van der Waals surface area contributed by atoms with Crippen molar-refractivity contribution in [2.24, 2.45) is 0 Å². The normalized spacial score (nSPS) is 12.6. The van der Waals surface area contributed by atoms with Gasteiger partial charge >= 0.3 is 0 Å². The summed E-state index contributed by atoms with van der Waals surface area (Å²) in [6.45, 7) is 3.88. The molecule has 19 heavy (non-hydrogen) atoms. The molecule has 0 saturated carbocycles. The molecule has 0 unspecified atom stereocenters. The Kier molecular flexibility index (Phi) is 4.28. The molecule has 1 amide bonds. The van der Waals surface area contributed by atoms with Gasteiger partial charge in [-0.3, -0.25) is 9.59 Å². The smallest absolute Gasteiger partial charge is 0.223 e.